The molecule has 0 fully saturated rings. The van der Waals surface area contributed by atoms with E-state index in [4.69, 9.17) is 29.0 Å². The van der Waals surface area contributed by atoms with E-state index in [1.165, 1.54) is 0 Å². The SMILES string of the molecule is Cc1cc(C(NN)c2ccccc2Cl)ccc1Cl. The van der Waals surface area contributed by atoms with E-state index >= 15 is 0 Å². The highest BCUT2D eigenvalue weighted by atomic mass is 35.5. The summed E-state index contributed by atoms with van der Waals surface area (Å²) in [6.45, 7) is 1.96. The largest absolute Gasteiger partial charge is 0.271 e. The van der Waals surface area contributed by atoms with Crippen LogP contribution in [-0.4, -0.2) is 0 Å². The molecular weight excluding hydrogens is 267 g/mol. The molecule has 0 aliphatic carbocycles. The predicted molar refractivity (Wildman–Crippen MR) is 76.8 cm³/mol. The van der Waals surface area contributed by atoms with Crippen LogP contribution in [0.25, 0.3) is 0 Å². The second-order valence-corrected chi connectivity index (χ2v) is 4.94. The number of halogens is 2. The lowest BCUT2D eigenvalue weighted by Gasteiger charge is -2.19. The molecule has 1 unspecified atom stereocenters. The molecule has 2 aromatic rings. The van der Waals surface area contributed by atoms with E-state index in [0.29, 0.717) is 5.02 Å². The first-order valence-corrected chi connectivity index (χ1v) is 6.35. The second kappa shape index (κ2) is 5.72. The molecule has 0 spiro atoms. The lowest BCUT2D eigenvalue weighted by atomic mass is 9.98. The lowest BCUT2D eigenvalue weighted by molar-refractivity contribution is 0.637. The van der Waals surface area contributed by atoms with Gasteiger partial charge < -0.3 is 0 Å². The van der Waals surface area contributed by atoms with Crippen LogP contribution in [0, 0.1) is 6.92 Å². The molecule has 1 atom stereocenters. The number of nitrogens with one attached hydrogen (secondary N) is 1. The van der Waals surface area contributed by atoms with E-state index < -0.39 is 0 Å². The first-order chi connectivity index (χ1) is 8.63. The smallest absolute Gasteiger partial charge is 0.0724 e. The summed E-state index contributed by atoms with van der Waals surface area (Å²) in [5, 5.41) is 1.43. The third-order valence-electron chi connectivity index (χ3n) is 2.90. The molecule has 2 aromatic carbocycles. The summed E-state index contributed by atoms with van der Waals surface area (Å²) in [5.41, 5.74) is 5.79. The van der Waals surface area contributed by atoms with Crippen molar-refractivity contribution in [2.45, 2.75) is 13.0 Å². The Morgan fingerprint density at radius 3 is 2.39 bits per heavy atom. The summed E-state index contributed by atoms with van der Waals surface area (Å²) in [6.07, 6.45) is 0. The maximum atomic E-state index is 6.20. The molecule has 0 saturated carbocycles. The third kappa shape index (κ3) is 2.68. The Morgan fingerprint density at radius 2 is 1.78 bits per heavy atom. The van der Waals surface area contributed by atoms with Gasteiger partial charge in [0, 0.05) is 10.0 Å². The number of benzene rings is 2. The van der Waals surface area contributed by atoms with Gasteiger partial charge >= 0.3 is 0 Å². The number of nitrogens with two attached hydrogens (primary N) is 1. The zero-order valence-electron chi connectivity index (χ0n) is 9.95. The maximum absolute atomic E-state index is 6.20. The number of aryl methyl sites for hydroxylation is 1. The minimum Gasteiger partial charge on any atom is -0.271 e. The van der Waals surface area contributed by atoms with Gasteiger partial charge in [0.15, 0.2) is 0 Å². The number of hydrogen-bond acceptors (Lipinski definition) is 2. The van der Waals surface area contributed by atoms with Gasteiger partial charge in [0.05, 0.1) is 6.04 Å². The molecule has 0 saturated heterocycles. The van der Waals surface area contributed by atoms with Crippen LogP contribution in [-0.2, 0) is 0 Å². The van der Waals surface area contributed by atoms with E-state index in [-0.39, 0.29) is 6.04 Å². The van der Waals surface area contributed by atoms with Gasteiger partial charge in [-0.2, -0.15) is 0 Å². The van der Waals surface area contributed by atoms with Crippen molar-refractivity contribution in [2.75, 3.05) is 0 Å². The Morgan fingerprint density at radius 1 is 1.06 bits per heavy atom. The molecule has 2 rings (SSSR count). The van der Waals surface area contributed by atoms with Crippen molar-refractivity contribution in [3.05, 3.63) is 69.2 Å². The fourth-order valence-corrected chi connectivity index (χ4v) is 2.28. The maximum Gasteiger partial charge on any atom is 0.0724 e. The minimum absolute atomic E-state index is 0.144. The van der Waals surface area contributed by atoms with Gasteiger partial charge in [0.2, 0.25) is 0 Å². The normalized spacial score (nSPS) is 12.4. The summed E-state index contributed by atoms with van der Waals surface area (Å²) in [6, 6.07) is 13.3. The van der Waals surface area contributed by atoms with Crippen molar-refractivity contribution in [1.29, 1.82) is 0 Å². The molecule has 0 heterocycles. The zero-order valence-corrected chi connectivity index (χ0v) is 11.5. The van der Waals surface area contributed by atoms with Crippen molar-refractivity contribution < 1.29 is 0 Å². The van der Waals surface area contributed by atoms with Crippen molar-refractivity contribution in [2.24, 2.45) is 5.84 Å². The lowest BCUT2D eigenvalue weighted by Crippen LogP contribution is -2.29. The van der Waals surface area contributed by atoms with Gasteiger partial charge in [-0.25, -0.2) is 5.43 Å². The fraction of sp³-hybridized carbons (Fsp3) is 0.143. The molecule has 4 heteroatoms. The number of hydrazine groups is 1. The van der Waals surface area contributed by atoms with E-state index in [1.54, 1.807) is 0 Å². The molecular formula is C14H14Cl2N2. The summed E-state index contributed by atoms with van der Waals surface area (Å²) < 4.78 is 0. The standard InChI is InChI=1S/C14H14Cl2N2/c1-9-8-10(6-7-12(9)15)14(18-17)11-4-2-3-5-13(11)16/h2-8,14,18H,17H2,1H3. The van der Waals surface area contributed by atoms with Crippen molar-refractivity contribution in [1.82, 2.24) is 5.43 Å². The van der Waals surface area contributed by atoms with Gasteiger partial charge in [-0.3, -0.25) is 5.84 Å². The van der Waals surface area contributed by atoms with Crippen LogP contribution in [0.1, 0.15) is 22.7 Å². The monoisotopic (exact) mass is 280 g/mol. The van der Waals surface area contributed by atoms with E-state index in [1.807, 2.05) is 49.4 Å². The highest BCUT2D eigenvalue weighted by Crippen LogP contribution is 2.29. The fourth-order valence-electron chi connectivity index (χ4n) is 1.92. The summed E-state index contributed by atoms with van der Waals surface area (Å²) >= 11 is 12.2. The van der Waals surface area contributed by atoms with Gasteiger partial charge in [0.1, 0.15) is 0 Å². The highest BCUT2D eigenvalue weighted by Gasteiger charge is 2.15. The van der Waals surface area contributed by atoms with Crippen LogP contribution in [0.15, 0.2) is 42.5 Å². The summed E-state index contributed by atoms with van der Waals surface area (Å²) in [5.74, 6) is 5.65. The average molecular weight is 281 g/mol. The van der Waals surface area contributed by atoms with Gasteiger partial charge in [0.25, 0.3) is 0 Å². The van der Waals surface area contributed by atoms with E-state index in [9.17, 15) is 0 Å². The van der Waals surface area contributed by atoms with Gasteiger partial charge in [-0.1, -0.05) is 53.5 Å². The molecule has 0 aromatic heterocycles. The van der Waals surface area contributed by atoms with Crippen LogP contribution < -0.4 is 11.3 Å². The Balaban J connectivity index is 2.45. The molecule has 0 aliphatic heterocycles. The van der Waals surface area contributed by atoms with Crippen LogP contribution in [0.3, 0.4) is 0 Å². The molecule has 2 nitrogen and oxygen atoms in total. The summed E-state index contributed by atoms with van der Waals surface area (Å²) in [4.78, 5) is 0. The first-order valence-electron chi connectivity index (χ1n) is 5.60. The van der Waals surface area contributed by atoms with Gasteiger partial charge in [-0.05, 0) is 35.7 Å². The molecule has 0 bridgehead atoms. The quantitative estimate of drug-likeness (QED) is 0.662. The van der Waals surface area contributed by atoms with Crippen LogP contribution >= 0.6 is 23.2 Å². The van der Waals surface area contributed by atoms with E-state index in [0.717, 1.165) is 21.7 Å². The van der Waals surface area contributed by atoms with Crippen molar-refractivity contribution >= 4 is 23.2 Å². The third-order valence-corrected chi connectivity index (χ3v) is 3.67. The Hall–Kier alpha value is -1.06. The molecule has 0 aliphatic rings. The molecule has 0 amide bonds. The molecule has 3 N–H and O–H groups in total. The number of hydrogen-bond donors (Lipinski definition) is 2. The van der Waals surface area contributed by atoms with Crippen LogP contribution in [0.5, 0.6) is 0 Å². The Bertz CT molecular complexity index is 555. The Labute approximate surface area is 117 Å². The highest BCUT2D eigenvalue weighted by molar-refractivity contribution is 6.31. The second-order valence-electron chi connectivity index (χ2n) is 4.13. The molecule has 94 valence electrons. The molecule has 18 heavy (non-hydrogen) atoms. The van der Waals surface area contributed by atoms with E-state index in [2.05, 4.69) is 5.43 Å². The average Bonchev–Trinajstić information content (AvgIpc) is 2.37. The zero-order chi connectivity index (χ0) is 13.1. The predicted octanol–water partition coefficient (Wildman–Crippen LogP) is 3.85. The first kappa shape index (κ1) is 13.4. The Kier molecular flexibility index (Phi) is 4.25. The van der Waals surface area contributed by atoms with Crippen LogP contribution in [0.4, 0.5) is 0 Å². The molecule has 0 radical (unpaired) electrons. The van der Waals surface area contributed by atoms with Crippen molar-refractivity contribution in [3.8, 4) is 0 Å². The van der Waals surface area contributed by atoms with Crippen LogP contribution in [0.2, 0.25) is 10.0 Å². The van der Waals surface area contributed by atoms with Gasteiger partial charge in [-0.15, -0.1) is 0 Å². The summed E-state index contributed by atoms with van der Waals surface area (Å²) in [7, 11) is 0. The topological polar surface area (TPSA) is 38.0 Å². The van der Waals surface area contributed by atoms with Crippen molar-refractivity contribution in [3.63, 3.8) is 0 Å². The minimum atomic E-state index is -0.144. The number of rotatable bonds is 3.